The van der Waals surface area contributed by atoms with Gasteiger partial charge in [0.05, 0.1) is 5.69 Å². The minimum absolute atomic E-state index is 0.000420. The molecule has 0 fully saturated rings. The first-order chi connectivity index (χ1) is 5.65. The third-order valence-corrected chi connectivity index (χ3v) is 1.81. The number of nitrogens with zero attached hydrogens (tertiary/aromatic N) is 1. The van der Waals surface area contributed by atoms with Crippen LogP contribution in [0.2, 0.25) is 0 Å². The number of Topliss-reactive ketones (excluding diaryl/α,β-unsaturated/α-hetero) is 1. The molecule has 0 atom stereocenters. The van der Waals surface area contributed by atoms with E-state index in [0.29, 0.717) is 5.82 Å². The number of aryl methyl sites for hydroxylation is 2. The van der Waals surface area contributed by atoms with E-state index in [4.69, 9.17) is 0 Å². The normalized spacial score (nSPS) is 10.2. The minimum Gasteiger partial charge on any atom is -0.339 e. The summed E-state index contributed by atoms with van der Waals surface area (Å²) in [6.07, 6.45) is 2.00. The number of nitrogens with one attached hydrogen (secondary N) is 1. The summed E-state index contributed by atoms with van der Waals surface area (Å²) in [5.74, 6) is 0.483. The molecule has 3 heteroatoms. The molecule has 12 heavy (non-hydrogen) atoms. The molecule has 1 aromatic rings. The van der Waals surface area contributed by atoms with Crippen LogP contribution in [0.1, 0.15) is 42.3 Å². The molecule has 0 radical (unpaired) electrons. The lowest BCUT2D eigenvalue weighted by atomic mass is 10.2. The third kappa shape index (κ3) is 1.72. The summed E-state index contributed by atoms with van der Waals surface area (Å²) in [6, 6.07) is 0. The molecule has 1 heterocycles. The van der Waals surface area contributed by atoms with Crippen molar-refractivity contribution in [1.82, 2.24) is 9.97 Å². The van der Waals surface area contributed by atoms with Crippen LogP contribution in [-0.2, 0) is 6.42 Å². The van der Waals surface area contributed by atoms with Crippen molar-refractivity contribution in [2.75, 3.05) is 0 Å². The summed E-state index contributed by atoms with van der Waals surface area (Å²) in [6.45, 7) is 5.57. The highest BCUT2D eigenvalue weighted by Crippen LogP contribution is 2.07. The fourth-order valence-corrected chi connectivity index (χ4v) is 1.14. The van der Waals surface area contributed by atoms with E-state index in [1.54, 1.807) is 0 Å². The number of hydrogen-bond acceptors (Lipinski definition) is 2. The number of aromatic nitrogens is 2. The van der Waals surface area contributed by atoms with Crippen LogP contribution in [0.15, 0.2) is 0 Å². The largest absolute Gasteiger partial charge is 0.339 e. The van der Waals surface area contributed by atoms with Gasteiger partial charge < -0.3 is 4.98 Å². The monoisotopic (exact) mass is 166 g/mol. The molecule has 0 amide bonds. The minimum atomic E-state index is 0.000420. The van der Waals surface area contributed by atoms with Crippen molar-refractivity contribution >= 4 is 5.78 Å². The Hall–Kier alpha value is -1.12. The van der Waals surface area contributed by atoms with E-state index < -0.39 is 0 Å². The van der Waals surface area contributed by atoms with Crippen LogP contribution in [0, 0.1) is 6.92 Å². The van der Waals surface area contributed by atoms with E-state index in [1.807, 2.05) is 6.92 Å². The zero-order chi connectivity index (χ0) is 9.14. The maximum atomic E-state index is 10.9. The van der Waals surface area contributed by atoms with Gasteiger partial charge in [-0.05, 0) is 13.3 Å². The Morgan fingerprint density at radius 2 is 2.25 bits per heavy atom. The molecule has 0 spiro atoms. The second kappa shape index (κ2) is 3.52. The van der Waals surface area contributed by atoms with Gasteiger partial charge in [-0.2, -0.15) is 0 Å². The Morgan fingerprint density at radius 3 is 2.67 bits per heavy atom. The van der Waals surface area contributed by atoms with Crippen LogP contribution in [0.25, 0.3) is 0 Å². The molecule has 0 aliphatic heterocycles. The molecule has 0 aromatic carbocycles. The molecule has 0 aliphatic carbocycles. The van der Waals surface area contributed by atoms with Gasteiger partial charge in [-0.15, -0.1) is 0 Å². The molecule has 66 valence electrons. The highest BCUT2D eigenvalue weighted by molar-refractivity contribution is 5.90. The van der Waals surface area contributed by atoms with Gasteiger partial charge in [0.2, 0.25) is 0 Å². The zero-order valence-corrected chi connectivity index (χ0v) is 7.77. The molecular weight excluding hydrogens is 152 g/mol. The van der Waals surface area contributed by atoms with Crippen LogP contribution in [0.3, 0.4) is 0 Å². The number of H-pyrrole nitrogens is 1. The molecule has 0 saturated carbocycles. The summed E-state index contributed by atoms with van der Waals surface area (Å²) in [7, 11) is 0. The van der Waals surface area contributed by atoms with Crippen molar-refractivity contribution < 1.29 is 4.79 Å². The average Bonchev–Trinajstić information content (AvgIpc) is 2.34. The van der Waals surface area contributed by atoms with Gasteiger partial charge in [0.1, 0.15) is 0 Å². The highest BCUT2D eigenvalue weighted by atomic mass is 16.1. The van der Waals surface area contributed by atoms with Gasteiger partial charge in [0, 0.05) is 12.6 Å². The van der Waals surface area contributed by atoms with Gasteiger partial charge >= 0.3 is 0 Å². The van der Waals surface area contributed by atoms with Crippen LogP contribution in [-0.4, -0.2) is 15.8 Å². The smallest absolute Gasteiger partial charge is 0.194 e. The lowest BCUT2D eigenvalue weighted by molar-refractivity contribution is 0.100. The van der Waals surface area contributed by atoms with Crippen molar-refractivity contribution in [2.24, 2.45) is 0 Å². The maximum absolute atomic E-state index is 10.9. The van der Waals surface area contributed by atoms with Crippen LogP contribution in [0.5, 0.6) is 0 Å². The van der Waals surface area contributed by atoms with Crippen LogP contribution >= 0.6 is 0 Å². The quantitative estimate of drug-likeness (QED) is 0.697. The lowest BCUT2D eigenvalue weighted by Gasteiger charge is -1.90. The Balaban J connectivity index is 2.92. The Morgan fingerprint density at radius 1 is 1.58 bits per heavy atom. The molecule has 1 N–H and O–H groups in total. The zero-order valence-electron chi connectivity index (χ0n) is 7.77. The first-order valence-electron chi connectivity index (χ1n) is 4.21. The van der Waals surface area contributed by atoms with Crippen LogP contribution in [0.4, 0.5) is 0 Å². The first kappa shape index (κ1) is 8.97. The van der Waals surface area contributed by atoms with Gasteiger partial charge in [0.15, 0.2) is 11.6 Å². The number of aromatic amines is 1. The number of rotatable bonds is 3. The number of hydrogen-bond donors (Lipinski definition) is 1. The summed E-state index contributed by atoms with van der Waals surface area (Å²) < 4.78 is 0. The standard InChI is InChI=1S/C9H14N2O/c1-4-5-8-6(2)10-9(11-8)7(3)12/h4-5H2,1-3H3,(H,10,11). The highest BCUT2D eigenvalue weighted by Gasteiger charge is 2.08. The van der Waals surface area contributed by atoms with E-state index in [1.165, 1.54) is 6.92 Å². The SMILES string of the molecule is CCCc1nc(C(C)=O)[nH]c1C. The van der Waals surface area contributed by atoms with E-state index in [-0.39, 0.29) is 5.78 Å². The number of carbonyl (C=O) groups is 1. The van der Waals surface area contributed by atoms with Crippen molar-refractivity contribution in [3.05, 3.63) is 17.2 Å². The molecular formula is C9H14N2O. The molecule has 0 bridgehead atoms. The van der Waals surface area contributed by atoms with Crippen molar-refractivity contribution in [2.45, 2.75) is 33.6 Å². The fraction of sp³-hybridized carbons (Fsp3) is 0.556. The Bertz CT molecular complexity index is 289. The average molecular weight is 166 g/mol. The summed E-state index contributed by atoms with van der Waals surface area (Å²) in [5, 5.41) is 0. The van der Waals surface area contributed by atoms with E-state index >= 15 is 0 Å². The van der Waals surface area contributed by atoms with E-state index in [9.17, 15) is 4.79 Å². The first-order valence-corrected chi connectivity index (χ1v) is 4.21. The predicted molar refractivity (Wildman–Crippen MR) is 47.3 cm³/mol. The molecule has 1 aromatic heterocycles. The molecule has 0 saturated heterocycles. The third-order valence-electron chi connectivity index (χ3n) is 1.81. The second-order valence-corrected chi connectivity index (χ2v) is 2.96. The second-order valence-electron chi connectivity index (χ2n) is 2.96. The van der Waals surface area contributed by atoms with Crippen molar-refractivity contribution in [3.8, 4) is 0 Å². The number of imidazole rings is 1. The van der Waals surface area contributed by atoms with Gasteiger partial charge in [0.25, 0.3) is 0 Å². The lowest BCUT2D eigenvalue weighted by Crippen LogP contribution is -1.94. The maximum Gasteiger partial charge on any atom is 0.194 e. The van der Waals surface area contributed by atoms with E-state index in [2.05, 4.69) is 16.9 Å². The number of carbonyl (C=O) groups excluding carboxylic acids is 1. The summed E-state index contributed by atoms with van der Waals surface area (Å²) in [5.41, 5.74) is 2.03. The molecule has 1 rings (SSSR count). The summed E-state index contributed by atoms with van der Waals surface area (Å²) >= 11 is 0. The number of ketones is 1. The fourth-order valence-electron chi connectivity index (χ4n) is 1.14. The van der Waals surface area contributed by atoms with Gasteiger partial charge in [-0.3, -0.25) is 4.79 Å². The predicted octanol–water partition coefficient (Wildman–Crippen LogP) is 1.87. The van der Waals surface area contributed by atoms with Gasteiger partial charge in [-0.25, -0.2) is 4.98 Å². The Kier molecular flexibility index (Phi) is 2.63. The van der Waals surface area contributed by atoms with Crippen molar-refractivity contribution in [1.29, 1.82) is 0 Å². The van der Waals surface area contributed by atoms with Crippen molar-refractivity contribution in [3.63, 3.8) is 0 Å². The van der Waals surface area contributed by atoms with E-state index in [0.717, 1.165) is 24.2 Å². The Labute approximate surface area is 72.2 Å². The van der Waals surface area contributed by atoms with Gasteiger partial charge in [-0.1, -0.05) is 13.3 Å². The summed E-state index contributed by atoms with van der Waals surface area (Å²) in [4.78, 5) is 18.1. The molecule has 0 aliphatic rings. The topological polar surface area (TPSA) is 45.8 Å². The van der Waals surface area contributed by atoms with Crippen LogP contribution < -0.4 is 0 Å². The molecule has 0 unspecified atom stereocenters. The molecule has 3 nitrogen and oxygen atoms in total.